The number of carbonyl (C=O) groups excluding carboxylic acids is 2. The lowest BCUT2D eigenvalue weighted by Gasteiger charge is -2.09. The molecule has 2 aromatic carbocycles. The number of amides is 2. The van der Waals surface area contributed by atoms with Gasteiger partial charge in [-0.05, 0) is 48.5 Å². The third-order valence-electron chi connectivity index (χ3n) is 4.96. The van der Waals surface area contributed by atoms with Gasteiger partial charge in [-0.25, -0.2) is 18.1 Å². The van der Waals surface area contributed by atoms with Crippen LogP contribution in [0.4, 0.5) is 0 Å². The van der Waals surface area contributed by atoms with Crippen molar-refractivity contribution in [3.63, 3.8) is 0 Å². The molecule has 0 bridgehead atoms. The molecule has 2 aromatic heterocycles. The zero-order chi connectivity index (χ0) is 23.4. The Kier molecular flexibility index (Phi) is 6.24. The number of para-hydroxylation sites is 2. The van der Waals surface area contributed by atoms with Gasteiger partial charge in [-0.15, -0.1) is 0 Å². The largest absolute Gasteiger partial charge is 0.468 e. The molecule has 0 saturated heterocycles. The van der Waals surface area contributed by atoms with Gasteiger partial charge in [-0.1, -0.05) is 12.1 Å². The first-order chi connectivity index (χ1) is 15.8. The standard InChI is InChI=1S/C22H21N5O5S/c1-27-19-7-3-2-6-18(19)24-20(27)13-21(28)25-26-22(29)15-8-10-17(11-9-15)33(30,31)23-14-16-5-4-12-32-16/h2-12,23H,13-14H2,1H3,(H,25,28)(H,26,29). The van der Waals surface area contributed by atoms with Gasteiger partial charge in [-0.3, -0.25) is 20.4 Å². The number of hydrazine groups is 1. The van der Waals surface area contributed by atoms with Gasteiger partial charge in [0.05, 0.1) is 35.2 Å². The molecule has 0 radical (unpaired) electrons. The van der Waals surface area contributed by atoms with Crippen LogP contribution < -0.4 is 15.6 Å². The van der Waals surface area contributed by atoms with Crippen molar-refractivity contribution in [1.29, 1.82) is 0 Å². The average molecular weight is 468 g/mol. The number of carbonyl (C=O) groups is 2. The number of sulfonamides is 1. The van der Waals surface area contributed by atoms with Crippen molar-refractivity contribution in [2.24, 2.45) is 7.05 Å². The van der Waals surface area contributed by atoms with Gasteiger partial charge in [0.15, 0.2) is 0 Å². The summed E-state index contributed by atoms with van der Waals surface area (Å²) in [4.78, 5) is 29.0. The lowest BCUT2D eigenvalue weighted by atomic mass is 10.2. The van der Waals surface area contributed by atoms with Crippen LogP contribution in [0.1, 0.15) is 21.9 Å². The van der Waals surface area contributed by atoms with Gasteiger partial charge in [0, 0.05) is 12.6 Å². The van der Waals surface area contributed by atoms with Crippen LogP contribution in [0.5, 0.6) is 0 Å². The Morgan fingerprint density at radius 2 is 1.76 bits per heavy atom. The highest BCUT2D eigenvalue weighted by molar-refractivity contribution is 7.89. The Bertz CT molecular complexity index is 1390. The number of furan rings is 1. The van der Waals surface area contributed by atoms with Gasteiger partial charge in [-0.2, -0.15) is 0 Å². The van der Waals surface area contributed by atoms with Gasteiger partial charge < -0.3 is 8.98 Å². The third kappa shape index (κ3) is 5.10. The summed E-state index contributed by atoms with van der Waals surface area (Å²) in [6, 6.07) is 16.2. The molecule has 0 aliphatic heterocycles. The Labute approximate surface area is 189 Å². The topological polar surface area (TPSA) is 135 Å². The highest BCUT2D eigenvalue weighted by Crippen LogP contribution is 2.14. The number of rotatable bonds is 7. The van der Waals surface area contributed by atoms with Crippen LogP contribution in [0.2, 0.25) is 0 Å². The van der Waals surface area contributed by atoms with E-state index in [9.17, 15) is 18.0 Å². The maximum absolute atomic E-state index is 12.4. The lowest BCUT2D eigenvalue weighted by Crippen LogP contribution is -2.42. The van der Waals surface area contributed by atoms with Crippen molar-refractivity contribution < 1.29 is 22.4 Å². The average Bonchev–Trinajstić information content (AvgIpc) is 3.45. The van der Waals surface area contributed by atoms with E-state index < -0.39 is 21.8 Å². The molecular weight excluding hydrogens is 446 g/mol. The first-order valence-electron chi connectivity index (χ1n) is 9.95. The number of aryl methyl sites for hydroxylation is 1. The minimum atomic E-state index is -3.78. The monoisotopic (exact) mass is 467 g/mol. The van der Waals surface area contributed by atoms with Crippen LogP contribution in [0.15, 0.2) is 76.2 Å². The predicted octanol–water partition coefficient (Wildman–Crippen LogP) is 1.65. The smallest absolute Gasteiger partial charge is 0.269 e. The molecule has 11 heteroatoms. The molecule has 0 aliphatic rings. The zero-order valence-electron chi connectivity index (χ0n) is 17.6. The van der Waals surface area contributed by atoms with Crippen molar-refractivity contribution in [2.75, 3.05) is 0 Å². The minimum Gasteiger partial charge on any atom is -0.468 e. The molecule has 4 rings (SSSR count). The first-order valence-corrected chi connectivity index (χ1v) is 11.4. The normalized spacial score (nSPS) is 11.4. The van der Waals surface area contributed by atoms with E-state index in [1.54, 1.807) is 12.1 Å². The number of nitrogens with zero attached hydrogens (tertiary/aromatic N) is 2. The molecule has 0 atom stereocenters. The second-order valence-electron chi connectivity index (χ2n) is 7.18. The van der Waals surface area contributed by atoms with Gasteiger partial charge in [0.25, 0.3) is 5.91 Å². The maximum atomic E-state index is 12.4. The maximum Gasteiger partial charge on any atom is 0.269 e. The van der Waals surface area contributed by atoms with Crippen molar-refractivity contribution in [3.8, 4) is 0 Å². The van der Waals surface area contributed by atoms with Gasteiger partial charge in [0.2, 0.25) is 15.9 Å². The van der Waals surface area contributed by atoms with Crippen LogP contribution in [0.3, 0.4) is 0 Å². The second-order valence-corrected chi connectivity index (χ2v) is 8.95. The minimum absolute atomic E-state index is 0.00325. The molecule has 0 spiro atoms. The fourth-order valence-electron chi connectivity index (χ4n) is 3.19. The van der Waals surface area contributed by atoms with Crippen LogP contribution >= 0.6 is 0 Å². The summed E-state index contributed by atoms with van der Waals surface area (Å²) in [5, 5.41) is 0. The quantitative estimate of drug-likeness (QED) is 0.354. The molecule has 4 aromatic rings. The zero-order valence-corrected chi connectivity index (χ0v) is 18.4. The molecule has 0 unspecified atom stereocenters. The van der Waals surface area contributed by atoms with Crippen molar-refractivity contribution >= 4 is 32.9 Å². The summed E-state index contributed by atoms with van der Waals surface area (Å²) in [6.07, 6.45) is 1.43. The summed E-state index contributed by atoms with van der Waals surface area (Å²) in [7, 11) is -1.96. The highest BCUT2D eigenvalue weighted by Gasteiger charge is 2.16. The number of hydrogen-bond acceptors (Lipinski definition) is 6. The SMILES string of the molecule is Cn1c(CC(=O)NNC(=O)c2ccc(S(=O)(=O)NCc3ccco3)cc2)nc2ccccc21. The Morgan fingerprint density at radius 1 is 1.00 bits per heavy atom. The van der Waals surface area contributed by atoms with E-state index in [-0.39, 0.29) is 23.4 Å². The molecule has 170 valence electrons. The molecule has 2 heterocycles. The Morgan fingerprint density at radius 3 is 2.45 bits per heavy atom. The van der Waals surface area contributed by atoms with E-state index in [0.717, 1.165) is 11.0 Å². The summed E-state index contributed by atoms with van der Waals surface area (Å²) < 4.78 is 34.1. The highest BCUT2D eigenvalue weighted by atomic mass is 32.2. The first kappa shape index (κ1) is 22.2. The van der Waals surface area contributed by atoms with Crippen LogP contribution in [-0.4, -0.2) is 29.8 Å². The molecule has 33 heavy (non-hydrogen) atoms. The summed E-state index contributed by atoms with van der Waals surface area (Å²) >= 11 is 0. The lowest BCUT2D eigenvalue weighted by molar-refractivity contribution is -0.121. The summed E-state index contributed by atoms with van der Waals surface area (Å²) in [5.74, 6) is 0.00689. The Balaban J connectivity index is 1.32. The van der Waals surface area contributed by atoms with Gasteiger partial charge >= 0.3 is 0 Å². The molecule has 3 N–H and O–H groups in total. The van der Waals surface area contributed by atoms with Crippen LogP contribution in [0, 0.1) is 0 Å². The second kappa shape index (κ2) is 9.27. The molecule has 0 fully saturated rings. The molecule has 0 aliphatic carbocycles. The Hall–Kier alpha value is -3.96. The number of benzene rings is 2. The molecule has 0 saturated carbocycles. The van der Waals surface area contributed by atoms with E-state index in [2.05, 4.69) is 20.6 Å². The fourth-order valence-corrected chi connectivity index (χ4v) is 4.18. The van der Waals surface area contributed by atoms with E-state index in [1.165, 1.54) is 30.5 Å². The van der Waals surface area contributed by atoms with Crippen molar-refractivity contribution in [1.82, 2.24) is 25.1 Å². The predicted molar refractivity (Wildman–Crippen MR) is 119 cm³/mol. The third-order valence-corrected chi connectivity index (χ3v) is 6.37. The van der Waals surface area contributed by atoms with Crippen LogP contribution in [-0.2, 0) is 34.8 Å². The summed E-state index contributed by atoms with van der Waals surface area (Å²) in [6.45, 7) is 0.00909. The number of imidazole rings is 1. The molecule has 2 amide bonds. The van der Waals surface area contributed by atoms with Crippen LogP contribution in [0.25, 0.3) is 11.0 Å². The van der Waals surface area contributed by atoms with E-state index >= 15 is 0 Å². The number of hydrogen-bond donors (Lipinski definition) is 3. The van der Waals surface area contributed by atoms with Crippen molar-refractivity contribution in [2.45, 2.75) is 17.9 Å². The number of aromatic nitrogens is 2. The van der Waals surface area contributed by atoms with E-state index in [1.807, 2.05) is 35.9 Å². The number of fused-ring (bicyclic) bond motifs is 1. The fraction of sp³-hybridized carbons (Fsp3) is 0.136. The molecular formula is C22H21N5O5S. The van der Waals surface area contributed by atoms with Crippen molar-refractivity contribution in [3.05, 3.63) is 84.1 Å². The summed E-state index contributed by atoms with van der Waals surface area (Å²) in [5.41, 5.74) is 6.53. The molecule has 10 nitrogen and oxygen atoms in total. The van der Waals surface area contributed by atoms with E-state index in [4.69, 9.17) is 4.42 Å². The van der Waals surface area contributed by atoms with Gasteiger partial charge in [0.1, 0.15) is 11.6 Å². The number of nitrogens with one attached hydrogen (secondary N) is 3. The van der Waals surface area contributed by atoms with E-state index in [0.29, 0.717) is 11.6 Å².